The lowest BCUT2D eigenvalue weighted by atomic mass is 10.1. The number of aromatic carboxylic acids is 1. The number of nitrogens with one attached hydrogen (secondary N) is 1. The van der Waals surface area contributed by atoms with Crippen LogP contribution in [-0.2, 0) is 0 Å². The molecule has 0 fully saturated rings. The van der Waals surface area contributed by atoms with E-state index in [1.807, 2.05) is 0 Å². The van der Waals surface area contributed by atoms with Crippen LogP contribution in [0.25, 0.3) is 21.8 Å². The van der Waals surface area contributed by atoms with Crippen LogP contribution in [0.5, 0.6) is 0 Å². The fraction of sp³-hybridized carbons (Fsp3) is 0.0769. The second-order valence-electron chi connectivity index (χ2n) is 4.44. The third-order valence-electron chi connectivity index (χ3n) is 3.31. The Morgan fingerprint density at radius 1 is 1.40 bits per heavy atom. The van der Waals surface area contributed by atoms with Crippen molar-refractivity contribution in [2.24, 2.45) is 0 Å². The van der Waals surface area contributed by atoms with Gasteiger partial charge in [0, 0.05) is 29.1 Å². The first-order chi connectivity index (χ1) is 9.49. The van der Waals surface area contributed by atoms with E-state index in [-0.39, 0.29) is 11.4 Å². The van der Waals surface area contributed by atoms with Gasteiger partial charge in [-0.15, -0.1) is 0 Å². The molecule has 7 heteroatoms. The fourth-order valence-corrected chi connectivity index (χ4v) is 2.28. The SMILES string of the molecule is Cc1c(C(=O)O)[nH]c2c1cnc1ccc([N+](=O)[O-])cc12. The molecule has 2 heterocycles. The first kappa shape index (κ1) is 12.1. The van der Waals surface area contributed by atoms with Crippen molar-refractivity contribution in [3.8, 4) is 0 Å². The number of carbonyl (C=O) groups is 1. The Hall–Kier alpha value is -2.96. The Balaban J connectivity index is 2.44. The third kappa shape index (κ3) is 1.60. The van der Waals surface area contributed by atoms with E-state index in [9.17, 15) is 14.9 Å². The summed E-state index contributed by atoms with van der Waals surface area (Å²) in [7, 11) is 0. The normalized spacial score (nSPS) is 11.1. The average Bonchev–Trinajstić information content (AvgIpc) is 2.76. The number of nitro groups is 1. The van der Waals surface area contributed by atoms with Crippen molar-refractivity contribution in [3.05, 3.63) is 45.8 Å². The number of nitrogens with zero attached hydrogens (tertiary/aromatic N) is 2. The molecule has 100 valence electrons. The highest BCUT2D eigenvalue weighted by atomic mass is 16.6. The minimum Gasteiger partial charge on any atom is -0.477 e. The quantitative estimate of drug-likeness (QED) is 0.550. The van der Waals surface area contributed by atoms with Gasteiger partial charge in [0.15, 0.2) is 0 Å². The molecule has 3 aromatic rings. The minimum absolute atomic E-state index is 0.0593. The summed E-state index contributed by atoms with van der Waals surface area (Å²) in [4.78, 5) is 28.5. The molecular formula is C13H9N3O4. The van der Waals surface area contributed by atoms with Gasteiger partial charge in [-0.1, -0.05) is 0 Å². The number of H-pyrrole nitrogens is 1. The number of aromatic nitrogens is 2. The Labute approximate surface area is 112 Å². The van der Waals surface area contributed by atoms with Gasteiger partial charge in [0.1, 0.15) is 5.69 Å². The number of benzene rings is 1. The average molecular weight is 271 g/mol. The summed E-state index contributed by atoms with van der Waals surface area (Å²) < 4.78 is 0. The van der Waals surface area contributed by atoms with E-state index in [4.69, 9.17) is 5.11 Å². The molecule has 0 aliphatic rings. The van der Waals surface area contributed by atoms with Gasteiger partial charge in [-0.25, -0.2) is 4.79 Å². The summed E-state index contributed by atoms with van der Waals surface area (Å²) in [6.07, 6.45) is 1.57. The van der Waals surface area contributed by atoms with E-state index in [1.165, 1.54) is 12.1 Å². The van der Waals surface area contributed by atoms with E-state index in [0.717, 1.165) is 0 Å². The fourth-order valence-electron chi connectivity index (χ4n) is 2.28. The highest BCUT2D eigenvalue weighted by molar-refractivity contribution is 6.08. The van der Waals surface area contributed by atoms with Crippen LogP contribution in [0, 0.1) is 17.0 Å². The molecule has 1 aromatic carbocycles. The van der Waals surface area contributed by atoms with Gasteiger partial charge in [-0.2, -0.15) is 0 Å². The number of nitro benzene ring substituents is 1. The number of carboxylic acids is 1. The number of carboxylic acid groups (broad SMARTS) is 1. The van der Waals surface area contributed by atoms with Crippen LogP contribution in [0.1, 0.15) is 16.1 Å². The molecule has 20 heavy (non-hydrogen) atoms. The van der Waals surface area contributed by atoms with Gasteiger partial charge in [0.2, 0.25) is 0 Å². The Morgan fingerprint density at radius 3 is 2.80 bits per heavy atom. The first-order valence-corrected chi connectivity index (χ1v) is 5.78. The highest BCUT2D eigenvalue weighted by Crippen LogP contribution is 2.29. The number of hydrogen-bond acceptors (Lipinski definition) is 4. The molecule has 0 saturated heterocycles. The van der Waals surface area contributed by atoms with Gasteiger partial charge in [-0.3, -0.25) is 15.1 Å². The molecule has 0 amide bonds. The molecule has 0 aliphatic carbocycles. The second-order valence-corrected chi connectivity index (χ2v) is 4.44. The Morgan fingerprint density at radius 2 is 2.15 bits per heavy atom. The summed E-state index contributed by atoms with van der Waals surface area (Å²) in [5.74, 6) is -1.07. The molecule has 0 radical (unpaired) electrons. The summed E-state index contributed by atoms with van der Waals surface area (Å²) in [5.41, 5.74) is 1.69. The van der Waals surface area contributed by atoms with Crippen molar-refractivity contribution in [1.29, 1.82) is 0 Å². The number of fused-ring (bicyclic) bond motifs is 3. The first-order valence-electron chi connectivity index (χ1n) is 5.78. The number of aromatic amines is 1. The van der Waals surface area contributed by atoms with Crippen LogP contribution in [0.2, 0.25) is 0 Å². The second kappa shape index (κ2) is 4.02. The standard InChI is InChI=1S/C13H9N3O4/c1-6-9-5-14-10-3-2-7(16(19)20)4-8(10)12(9)15-11(6)13(17)18/h2-5,15H,1H3,(H,17,18). The van der Waals surface area contributed by atoms with Crippen molar-refractivity contribution < 1.29 is 14.8 Å². The maximum atomic E-state index is 11.1. The van der Waals surface area contributed by atoms with Gasteiger partial charge < -0.3 is 10.1 Å². The van der Waals surface area contributed by atoms with Crippen molar-refractivity contribution in [2.45, 2.75) is 6.92 Å². The molecule has 0 aliphatic heterocycles. The molecule has 0 saturated carbocycles. The largest absolute Gasteiger partial charge is 0.477 e. The molecular weight excluding hydrogens is 262 g/mol. The number of rotatable bonds is 2. The van der Waals surface area contributed by atoms with Gasteiger partial charge in [-0.05, 0) is 18.6 Å². The lowest BCUT2D eigenvalue weighted by Gasteiger charge is -1.99. The number of pyridine rings is 1. The Kier molecular flexibility index (Phi) is 2.43. The lowest BCUT2D eigenvalue weighted by Crippen LogP contribution is -1.98. The summed E-state index contributed by atoms with van der Waals surface area (Å²) in [5, 5.41) is 21.1. The monoisotopic (exact) mass is 271 g/mol. The molecule has 3 rings (SSSR count). The van der Waals surface area contributed by atoms with Crippen LogP contribution in [-0.4, -0.2) is 26.0 Å². The predicted molar refractivity (Wildman–Crippen MR) is 72.0 cm³/mol. The van der Waals surface area contributed by atoms with E-state index in [2.05, 4.69) is 9.97 Å². The summed E-state index contributed by atoms with van der Waals surface area (Å²) >= 11 is 0. The van der Waals surface area contributed by atoms with Crippen molar-refractivity contribution >= 4 is 33.5 Å². The van der Waals surface area contributed by atoms with E-state index in [1.54, 1.807) is 19.2 Å². The number of hydrogen-bond donors (Lipinski definition) is 2. The van der Waals surface area contributed by atoms with E-state index < -0.39 is 10.9 Å². The predicted octanol–water partition coefficient (Wildman–Crippen LogP) is 2.63. The molecule has 7 nitrogen and oxygen atoms in total. The van der Waals surface area contributed by atoms with Crippen LogP contribution < -0.4 is 0 Å². The van der Waals surface area contributed by atoms with E-state index in [0.29, 0.717) is 27.4 Å². The van der Waals surface area contributed by atoms with Crippen molar-refractivity contribution in [1.82, 2.24) is 9.97 Å². The maximum Gasteiger partial charge on any atom is 0.352 e. The van der Waals surface area contributed by atoms with Crippen molar-refractivity contribution in [2.75, 3.05) is 0 Å². The zero-order valence-electron chi connectivity index (χ0n) is 10.4. The Bertz CT molecular complexity index is 882. The number of aryl methyl sites for hydroxylation is 1. The molecule has 2 N–H and O–H groups in total. The van der Waals surface area contributed by atoms with Gasteiger partial charge in [0.25, 0.3) is 5.69 Å². The number of non-ortho nitro benzene ring substituents is 1. The smallest absolute Gasteiger partial charge is 0.352 e. The highest BCUT2D eigenvalue weighted by Gasteiger charge is 2.17. The van der Waals surface area contributed by atoms with Crippen LogP contribution in [0.15, 0.2) is 24.4 Å². The summed E-state index contributed by atoms with van der Waals surface area (Å²) in [6, 6.07) is 4.31. The van der Waals surface area contributed by atoms with Gasteiger partial charge >= 0.3 is 5.97 Å². The zero-order chi connectivity index (χ0) is 14.4. The molecule has 0 atom stereocenters. The minimum atomic E-state index is -1.07. The van der Waals surface area contributed by atoms with Crippen LogP contribution in [0.4, 0.5) is 5.69 Å². The van der Waals surface area contributed by atoms with E-state index >= 15 is 0 Å². The topological polar surface area (TPSA) is 109 Å². The van der Waals surface area contributed by atoms with Crippen LogP contribution in [0.3, 0.4) is 0 Å². The third-order valence-corrected chi connectivity index (χ3v) is 3.31. The lowest BCUT2D eigenvalue weighted by molar-refractivity contribution is -0.384. The zero-order valence-corrected chi connectivity index (χ0v) is 10.4. The van der Waals surface area contributed by atoms with Gasteiger partial charge in [0.05, 0.1) is 16.0 Å². The van der Waals surface area contributed by atoms with Crippen LogP contribution >= 0.6 is 0 Å². The van der Waals surface area contributed by atoms with Crippen molar-refractivity contribution in [3.63, 3.8) is 0 Å². The molecule has 0 spiro atoms. The molecule has 2 aromatic heterocycles. The molecule has 0 bridgehead atoms. The summed E-state index contributed by atoms with van der Waals surface area (Å²) in [6.45, 7) is 1.67. The maximum absolute atomic E-state index is 11.1. The molecule has 0 unspecified atom stereocenters.